The second-order valence-electron chi connectivity index (χ2n) is 5.43. The fourth-order valence-electron chi connectivity index (χ4n) is 3.34. The summed E-state index contributed by atoms with van der Waals surface area (Å²) >= 11 is 0. The molecule has 3 unspecified atom stereocenters. The number of rotatable bonds is 6. The van der Waals surface area contributed by atoms with Crippen molar-refractivity contribution in [2.75, 3.05) is 14.2 Å². The van der Waals surface area contributed by atoms with Gasteiger partial charge in [-0.3, -0.25) is 9.59 Å². The molecule has 1 saturated carbocycles. The first-order valence-electron chi connectivity index (χ1n) is 6.87. The summed E-state index contributed by atoms with van der Waals surface area (Å²) in [6.45, 7) is 5.63. The minimum Gasteiger partial charge on any atom is -0.481 e. The van der Waals surface area contributed by atoms with E-state index in [1.807, 2.05) is 0 Å². The molecule has 0 saturated heterocycles. The fraction of sp³-hybridized carbons (Fsp3) is 0.857. The first kappa shape index (κ1) is 16.0. The largest absolute Gasteiger partial charge is 0.481 e. The lowest BCUT2D eigenvalue weighted by Gasteiger charge is -2.58. The Bertz CT molecular complexity index is 351. The minimum atomic E-state index is -1.07. The van der Waals surface area contributed by atoms with E-state index in [1.165, 1.54) is 6.92 Å². The zero-order valence-electron chi connectivity index (χ0n) is 12.5. The molecule has 1 N–H and O–H groups in total. The van der Waals surface area contributed by atoms with Crippen molar-refractivity contribution in [3.05, 3.63) is 0 Å². The molecule has 0 aliphatic heterocycles. The Hall–Kier alpha value is -1.10. The molecule has 1 amide bonds. The molecule has 110 valence electrons. The second-order valence-corrected chi connectivity index (χ2v) is 5.43. The number of amides is 1. The molecule has 19 heavy (non-hydrogen) atoms. The van der Waals surface area contributed by atoms with Crippen molar-refractivity contribution in [2.45, 2.75) is 52.2 Å². The van der Waals surface area contributed by atoms with Gasteiger partial charge in [-0.05, 0) is 26.2 Å². The SMILES string of the molecule is CCC1(CC)C(OC)CC1N(C)C(=O)C(C)C(=O)O. The van der Waals surface area contributed by atoms with Gasteiger partial charge in [0.2, 0.25) is 5.91 Å². The third-order valence-corrected chi connectivity index (χ3v) is 4.90. The third kappa shape index (κ3) is 2.48. The molecule has 0 aromatic rings. The number of hydrogen-bond donors (Lipinski definition) is 1. The number of ether oxygens (including phenoxy) is 1. The van der Waals surface area contributed by atoms with E-state index in [0.717, 1.165) is 19.3 Å². The van der Waals surface area contributed by atoms with Crippen molar-refractivity contribution < 1.29 is 19.4 Å². The van der Waals surface area contributed by atoms with Crippen LogP contribution in [0.5, 0.6) is 0 Å². The molecule has 0 radical (unpaired) electrons. The zero-order chi connectivity index (χ0) is 14.8. The lowest BCUT2D eigenvalue weighted by atomic mass is 9.58. The van der Waals surface area contributed by atoms with Crippen LogP contribution in [0.4, 0.5) is 0 Å². The molecule has 0 heterocycles. The van der Waals surface area contributed by atoms with Crippen molar-refractivity contribution in [3.63, 3.8) is 0 Å². The van der Waals surface area contributed by atoms with Gasteiger partial charge in [-0.2, -0.15) is 0 Å². The van der Waals surface area contributed by atoms with Gasteiger partial charge in [0, 0.05) is 25.6 Å². The van der Waals surface area contributed by atoms with E-state index in [9.17, 15) is 9.59 Å². The van der Waals surface area contributed by atoms with Crippen LogP contribution in [0.1, 0.15) is 40.0 Å². The standard InChI is InChI=1S/C14H25NO4/c1-6-14(7-2)10(8-11(14)19-5)15(4)12(16)9(3)13(17)18/h9-11H,6-8H2,1-5H3,(H,17,18). The van der Waals surface area contributed by atoms with Gasteiger partial charge < -0.3 is 14.7 Å². The summed E-state index contributed by atoms with van der Waals surface area (Å²) in [4.78, 5) is 24.7. The number of methoxy groups -OCH3 is 1. The molecule has 0 aromatic carbocycles. The lowest BCUT2D eigenvalue weighted by Crippen LogP contribution is -2.65. The Morgan fingerprint density at radius 2 is 1.95 bits per heavy atom. The first-order chi connectivity index (χ1) is 8.85. The van der Waals surface area contributed by atoms with Gasteiger partial charge in [-0.1, -0.05) is 13.8 Å². The van der Waals surface area contributed by atoms with Crippen LogP contribution in [-0.4, -0.2) is 48.2 Å². The average Bonchev–Trinajstić information content (AvgIpc) is 2.37. The van der Waals surface area contributed by atoms with Gasteiger partial charge in [-0.25, -0.2) is 0 Å². The molecule has 0 spiro atoms. The molecule has 1 aliphatic carbocycles. The number of carbonyl (C=O) groups is 2. The van der Waals surface area contributed by atoms with Gasteiger partial charge in [0.1, 0.15) is 5.92 Å². The second kappa shape index (κ2) is 5.90. The van der Waals surface area contributed by atoms with Gasteiger partial charge in [-0.15, -0.1) is 0 Å². The predicted molar refractivity (Wildman–Crippen MR) is 71.8 cm³/mol. The van der Waals surface area contributed by atoms with Crippen molar-refractivity contribution >= 4 is 11.9 Å². The van der Waals surface area contributed by atoms with E-state index in [2.05, 4.69) is 13.8 Å². The van der Waals surface area contributed by atoms with Crippen LogP contribution in [0, 0.1) is 11.3 Å². The highest BCUT2D eigenvalue weighted by molar-refractivity contribution is 5.96. The highest BCUT2D eigenvalue weighted by Crippen LogP contribution is 2.51. The van der Waals surface area contributed by atoms with Crippen LogP contribution < -0.4 is 0 Å². The summed E-state index contributed by atoms with van der Waals surface area (Å²) < 4.78 is 5.50. The maximum Gasteiger partial charge on any atom is 0.315 e. The van der Waals surface area contributed by atoms with E-state index < -0.39 is 11.9 Å². The number of carbonyl (C=O) groups excluding carboxylic acids is 1. The molecule has 3 atom stereocenters. The Balaban J connectivity index is 2.86. The molecule has 5 heteroatoms. The van der Waals surface area contributed by atoms with Crippen molar-refractivity contribution in [1.82, 2.24) is 4.90 Å². The fourth-order valence-corrected chi connectivity index (χ4v) is 3.34. The predicted octanol–water partition coefficient (Wildman–Crippen LogP) is 1.76. The normalized spacial score (nSPS) is 26.4. The molecule has 5 nitrogen and oxygen atoms in total. The molecule has 1 fully saturated rings. The summed E-state index contributed by atoms with van der Waals surface area (Å²) in [5.41, 5.74) is -0.0443. The highest BCUT2D eigenvalue weighted by atomic mass is 16.5. The van der Waals surface area contributed by atoms with Crippen LogP contribution in [-0.2, 0) is 14.3 Å². The van der Waals surface area contributed by atoms with E-state index in [0.29, 0.717) is 0 Å². The van der Waals surface area contributed by atoms with Crippen molar-refractivity contribution in [2.24, 2.45) is 11.3 Å². The van der Waals surface area contributed by atoms with Crippen LogP contribution in [0.2, 0.25) is 0 Å². The molecule has 1 rings (SSSR count). The average molecular weight is 271 g/mol. The van der Waals surface area contributed by atoms with Gasteiger partial charge in [0.15, 0.2) is 0 Å². The maximum atomic E-state index is 12.1. The number of carboxylic acids is 1. The van der Waals surface area contributed by atoms with Gasteiger partial charge >= 0.3 is 5.97 Å². The Kier molecular flexibility index (Phi) is 4.96. The summed E-state index contributed by atoms with van der Waals surface area (Å²) in [7, 11) is 3.40. The summed E-state index contributed by atoms with van der Waals surface area (Å²) in [6, 6.07) is 0.0711. The lowest BCUT2D eigenvalue weighted by molar-refractivity contribution is -0.175. The molecule has 0 aromatic heterocycles. The summed E-state index contributed by atoms with van der Waals surface area (Å²) in [5, 5.41) is 8.94. The van der Waals surface area contributed by atoms with Gasteiger partial charge in [0.05, 0.1) is 6.10 Å². The number of aliphatic carboxylic acids is 1. The molecule has 1 aliphatic rings. The zero-order valence-corrected chi connectivity index (χ0v) is 12.5. The van der Waals surface area contributed by atoms with Gasteiger partial charge in [0.25, 0.3) is 0 Å². The first-order valence-corrected chi connectivity index (χ1v) is 6.87. The van der Waals surface area contributed by atoms with Crippen molar-refractivity contribution in [1.29, 1.82) is 0 Å². The summed E-state index contributed by atoms with van der Waals surface area (Å²) in [6.07, 6.45) is 2.78. The summed E-state index contributed by atoms with van der Waals surface area (Å²) in [5.74, 6) is -2.38. The maximum absolute atomic E-state index is 12.1. The van der Waals surface area contributed by atoms with E-state index >= 15 is 0 Å². The Labute approximate surface area is 114 Å². The monoisotopic (exact) mass is 271 g/mol. The Morgan fingerprint density at radius 1 is 1.42 bits per heavy atom. The number of hydrogen-bond acceptors (Lipinski definition) is 3. The van der Waals surface area contributed by atoms with Crippen LogP contribution >= 0.6 is 0 Å². The van der Waals surface area contributed by atoms with Crippen LogP contribution in [0.3, 0.4) is 0 Å². The molecular formula is C14H25NO4. The number of nitrogens with zero attached hydrogens (tertiary/aromatic N) is 1. The number of carboxylic acid groups (broad SMARTS) is 1. The van der Waals surface area contributed by atoms with E-state index in [1.54, 1.807) is 19.1 Å². The van der Waals surface area contributed by atoms with E-state index in [4.69, 9.17) is 9.84 Å². The Morgan fingerprint density at radius 3 is 2.32 bits per heavy atom. The quantitative estimate of drug-likeness (QED) is 0.747. The van der Waals surface area contributed by atoms with Crippen LogP contribution in [0.15, 0.2) is 0 Å². The van der Waals surface area contributed by atoms with Crippen LogP contribution in [0.25, 0.3) is 0 Å². The molecular weight excluding hydrogens is 246 g/mol. The third-order valence-electron chi connectivity index (χ3n) is 4.90. The highest BCUT2D eigenvalue weighted by Gasteiger charge is 2.55. The van der Waals surface area contributed by atoms with Crippen molar-refractivity contribution in [3.8, 4) is 0 Å². The minimum absolute atomic E-state index is 0.0443. The molecule has 0 bridgehead atoms. The smallest absolute Gasteiger partial charge is 0.315 e. The topological polar surface area (TPSA) is 66.8 Å². The van der Waals surface area contributed by atoms with E-state index in [-0.39, 0.29) is 23.5 Å².